The normalized spacial score (nSPS) is 12.2. The van der Waals surface area contributed by atoms with E-state index in [0.717, 1.165) is 6.07 Å². The first-order valence-electron chi connectivity index (χ1n) is 7.21. The van der Waals surface area contributed by atoms with Crippen LogP contribution in [-0.4, -0.2) is 30.5 Å². The van der Waals surface area contributed by atoms with Crippen LogP contribution in [0, 0.1) is 23.0 Å². The summed E-state index contributed by atoms with van der Waals surface area (Å²) in [6.07, 6.45) is 0.570. The summed E-state index contributed by atoms with van der Waals surface area (Å²) in [5.74, 6) is -0.513. The van der Waals surface area contributed by atoms with E-state index in [1.54, 1.807) is 19.0 Å². The van der Waals surface area contributed by atoms with Crippen LogP contribution < -0.4 is 5.32 Å². The van der Waals surface area contributed by atoms with Crippen molar-refractivity contribution in [2.24, 2.45) is 0 Å². The molecule has 122 valence electrons. The molecule has 1 heterocycles. The summed E-state index contributed by atoms with van der Waals surface area (Å²) >= 11 is 0. The number of nitriles is 1. The number of rotatable bonds is 6. The summed E-state index contributed by atoms with van der Waals surface area (Å²) in [6, 6.07) is 5.09. The van der Waals surface area contributed by atoms with Gasteiger partial charge < -0.3 is 14.6 Å². The molecule has 0 aliphatic carbocycles. The summed E-state index contributed by atoms with van der Waals surface area (Å²) < 4.78 is 32.5. The monoisotopic (exact) mass is 320 g/mol. The fourth-order valence-electron chi connectivity index (χ4n) is 2.24. The van der Waals surface area contributed by atoms with Crippen molar-refractivity contribution in [3.05, 3.63) is 47.0 Å². The number of aryl methyl sites for hydroxylation is 1. The smallest absolute Gasteiger partial charge is 0.232 e. The molecular weight excluding hydrogens is 302 g/mol. The standard InChI is InChI=1S/C16H18F2N4O/c1-4-15-21-13(8-19)16(23-15)20-9-14(22(2)3)11-6-5-10(17)7-12(11)18/h5-7,14,20H,4,9H2,1-3H3. The van der Waals surface area contributed by atoms with Gasteiger partial charge in [-0.3, -0.25) is 0 Å². The number of nitrogens with zero attached hydrogens (tertiary/aromatic N) is 3. The highest BCUT2D eigenvalue weighted by atomic mass is 19.1. The van der Waals surface area contributed by atoms with Gasteiger partial charge in [-0.1, -0.05) is 13.0 Å². The summed E-state index contributed by atoms with van der Waals surface area (Å²) in [5, 5.41) is 12.1. The number of anilines is 1. The van der Waals surface area contributed by atoms with Crippen molar-refractivity contribution in [2.75, 3.05) is 26.0 Å². The van der Waals surface area contributed by atoms with Gasteiger partial charge >= 0.3 is 0 Å². The average Bonchev–Trinajstić information content (AvgIpc) is 2.91. The van der Waals surface area contributed by atoms with Crippen molar-refractivity contribution >= 4 is 5.88 Å². The van der Waals surface area contributed by atoms with Crippen molar-refractivity contribution in [1.29, 1.82) is 5.26 Å². The molecule has 1 aromatic heterocycles. The van der Waals surface area contributed by atoms with Crippen LogP contribution in [0.15, 0.2) is 22.6 Å². The van der Waals surface area contributed by atoms with Gasteiger partial charge in [-0.25, -0.2) is 13.8 Å². The molecule has 1 unspecified atom stereocenters. The average molecular weight is 320 g/mol. The van der Waals surface area contributed by atoms with Crippen LogP contribution in [0.4, 0.5) is 14.7 Å². The lowest BCUT2D eigenvalue weighted by Crippen LogP contribution is -2.27. The first-order valence-corrected chi connectivity index (χ1v) is 7.21. The van der Waals surface area contributed by atoms with Crippen molar-refractivity contribution < 1.29 is 13.2 Å². The number of hydrogen-bond acceptors (Lipinski definition) is 5. The molecule has 0 bridgehead atoms. The molecule has 0 saturated heterocycles. The van der Waals surface area contributed by atoms with Gasteiger partial charge in [0.15, 0.2) is 5.89 Å². The maximum Gasteiger partial charge on any atom is 0.232 e. The number of oxazole rings is 1. The van der Waals surface area contributed by atoms with Crippen LogP contribution >= 0.6 is 0 Å². The van der Waals surface area contributed by atoms with Gasteiger partial charge in [-0.2, -0.15) is 5.26 Å². The Hall–Kier alpha value is -2.46. The van der Waals surface area contributed by atoms with Crippen molar-refractivity contribution in [1.82, 2.24) is 9.88 Å². The Kier molecular flexibility index (Phi) is 5.29. The fraction of sp³-hybridized carbons (Fsp3) is 0.375. The van der Waals surface area contributed by atoms with Crippen LogP contribution in [0.1, 0.15) is 30.1 Å². The molecule has 1 aromatic carbocycles. The Morgan fingerprint density at radius 2 is 2.13 bits per heavy atom. The largest absolute Gasteiger partial charge is 0.424 e. The van der Waals surface area contributed by atoms with E-state index < -0.39 is 11.6 Å². The van der Waals surface area contributed by atoms with E-state index in [2.05, 4.69) is 10.3 Å². The predicted molar refractivity (Wildman–Crippen MR) is 81.9 cm³/mol. The Morgan fingerprint density at radius 3 is 2.70 bits per heavy atom. The molecule has 0 fully saturated rings. The second-order valence-electron chi connectivity index (χ2n) is 5.28. The minimum absolute atomic E-state index is 0.166. The molecule has 0 saturated carbocycles. The number of benzene rings is 1. The molecular formula is C16H18F2N4O. The van der Waals surface area contributed by atoms with E-state index >= 15 is 0 Å². The molecule has 0 radical (unpaired) electrons. The highest BCUT2D eigenvalue weighted by Crippen LogP contribution is 2.24. The highest BCUT2D eigenvalue weighted by molar-refractivity contribution is 5.45. The van der Waals surface area contributed by atoms with Gasteiger partial charge in [0.05, 0.1) is 6.04 Å². The summed E-state index contributed by atoms with van der Waals surface area (Å²) in [5.41, 5.74) is 0.525. The van der Waals surface area contributed by atoms with Gasteiger partial charge in [0, 0.05) is 24.6 Å². The number of hydrogen-bond donors (Lipinski definition) is 1. The quantitative estimate of drug-likeness (QED) is 0.886. The van der Waals surface area contributed by atoms with Gasteiger partial charge in [0.2, 0.25) is 11.6 Å². The summed E-state index contributed by atoms with van der Waals surface area (Å²) in [4.78, 5) is 5.84. The molecule has 0 spiro atoms. The first kappa shape index (κ1) is 16.9. The highest BCUT2D eigenvalue weighted by Gasteiger charge is 2.20. The molecule has 0 amide bonds. The van der Waals surface area contributed by atoms with Crippen LogP contribution in [-0.2, 0) is 6.42 Å². The molecule has 2 aromatic rings. The zero-order valence-electron chi connectivity index (χ0n) is 13.2. The Bertz CT molecular complexity index is 721. The topological polar surface area (TPSA) is 65.1 Å². The zero-order valence-corrected chi connectivity index (χ0v) is 13.2. The third-order valence-electron chi connectivity index (χ3n) is 3.48. The Balaban J connectivity index is 2.21. The van der Waals surface area contributed by atoms with E-state index in [4.69, 9.17) is 9.68 Å². The molecule has 5 nitrogen and oxygen atoms in total. The fourth-order valence-corrected chi connectivity index (χ4v) is 2.24. The van der Waals surface area contributed by atoms with E-state index in [-0.39, 0.29) is 24.2 Å². The number of likely N-dealkylation sites (N-methyl/N-ethyl adjacent to an activating group) is 1. The zero-order chi connectivity index (χ0) is 17.0. The third kappa shape index (κ3) is 3.85. The predicted octanol–water partition coefficient (Wildman–Crippen LogP) is 3.10. The van der Waals surface area contributed by atoms with Crippen LogP contribution in [0.5, 0.6) is 0 Å². The van der Waals surface area contributed by atoms with E-state index in [0.29, 0.717) is 17.9 Å². The molecule has 2 rings (SSSR count). The molecule has 23 heavy (non-hydrogen) atoms. The van der Waals surface area contributed by atoms with Crippen LogP contribution in [0.3, 0.4) is 0 Å². The molecule has 0 aliphatic heterocycles. The summed E-state index contributed by atoms with van der Waals surface area (Å²) in [7, 11) is 3.58. The minimum atomic E-state index is -0.619. The second kappa shape index (κ2) is 7.20. The number of nitrogens with one attached hydrogen (secondary N) is 1. The van der Waals surface area contributed by atoms with Gasteiger partial charge in [-0.15, -0.1) is 0 Å². The van der Waals surface area contributed by atoms with Crippen LogP contribution in [0.2, 0.25) is 0 Å². The van der Waals surface area contributed by atoms with Gasteiger partial charge in [0.25, 0.3) is 0 Å². The van der Waals surface area contributed by atoms with Crippen molar-refractivity contribution in [3.8, 4) is 6.07 Å². The number of aromatic nitrogens is 1. The molecule has 1 atom stereocenters. The van der Waals surface area contributed by atoms with Gasteiger partial charge in [-0.05, 0) is 20.2 Å². The van der Waals surface area contributed by atoms with E-state index in [9.17, 15) is 8.78 Å². The lowest BCUT2D eigenvalue weighted by molar-refractivity contribution is 0.302. The Labute approximate surface area is 133 Å². The summed E-state index contributed by atoms with van der Waals surface area (Å²) in [6.45, 7) is 2.15. The second-order valence-corrected chi connectivity index (χ2v) is 5.28. The molecule has 0 aliphatic rings. The lowest BCUT2D eigenvalue weighted by atomic mass is 10.1. The first-order chi connectivity index (χ1) is 11.0. The van der Waals surface area contributed by atoms with Gasteiger partial charge in [0.1, 0.15) is 17.7 Å². The van der Waals surface area contributed by atoms with Crippen molar-refractivity contribution in [3.63, 3.8) is 0 Å². The molecule has 7 heteroatoms. The molecule has 1 N–H and O–H groups in total. The third-order valence-corrected chi connectivity index (χ3v) is 3.48. The SMILES string of the molecule is CCc1nc(C#N)c(NCC(c2ccc(F)cc2F)N(C)C)o1. The van der Waals surface area contributed by atoms with Crippen LogP contribution in [0.25, 0.3) is 0 Å². The Morgan fingerprint density at radius 1 is 1.39 bits per heavy atom. The lowest BCUT2D eigenvalue weighted by Gasteiger charge is -2.25. The van der Waals surface area contributed by atoms with Crippen molar-refractivity contribution in [2.45, 2.75) is 19.4 Å². The van der Waals surface area contributed by atoms with E-state index in [1.807, 2.05) is 13.0 Å². The maximum absolute atomic E-state index is 14.0. The minimum Gasteiger partial charge on any atom is -0.424 e. The number of halogens is 2. The van der Waals surface area contributed by atoms with E-state index in [1.165, 1.54) is 12.1 Å². The maximum atomic E-state index is 14.0.